The van der Waals surface area contributed by atoms with Gasteiger partial charge in [-0.2, -0.15) is 0 Å². The second kappa shape index (κ2) is 12.8. The van der Waals surface area contributed by atoms with Gasteiger partial charge in [0.2, 0.25) is 17.7 Å². The van der Waals surface area contributed by atoms with Gasteiger partial charge < -0.3 is 31.9 Å². The van der Waals surface area contributed by atoms with E-state index in [1.165, 1.54) is 6.92 Å². The van der Waals surface area contributed by atoms with E-state index in [0.29, 0.717) is 0 Å². The molecule has 0 radical (unpaired) electrons. The summed E-state index contributed by atoms with van der Waals surface area (Å²) in [5.74, 6) is -4.54. The molecule has 0 saturated heterocycles. The van der Waals surface area contributed by atoms with Crippen LogP contribution in [0.15, 0.2) is 0 Å². The molecule has 30 heavy (non-hydrogen) atoms. The molecule has 0 rings (SSSR count). The number of carbonyl (C=O) groups is 5. The molecule has 0 aromatic rings. The van der Waals surface area contributed by atoms with Gasteiger partial charge in [-0.05, 0) is 31.6 Å². The Morgan fingerprint density at radius 3 is 1.83 bits per heavy atom. The Balaban J connectivity index is 4.97. The van der Waals surface area contributed by atoms with E-state index < -0.39 is 53.8 Å². The van der Waals surface area contributed by atoms with E-state index in [1.807, 2.05) is 13.8 Å². The molecule has 3 amide bonds. The number of carboxylic acids is 2. The van der Waals surface area contributed by atoms with Gasteiger partial charge in [0, 0.05) is 6.42 Å². The third kappa shape index (κ3) is 10.2. The summed E-state index contributed by atoms with van der Waals surface area (Å²) in [6.07, 6.45) is -0.134. The van der Waals surface area contributed by atoms with Gasteiger partial charge >= 0.3 is 11.9 Å². The molecule has 0 spiro atoms. The molecule has 0 saturated carbocycles. The lowest BCUT2D eigenvalue weighted by molar-refractivity contribution is -0.143. The van der Waals surface area contributed by atoms with Crippen molar-refractivity contribution < 1.29 is 34.2 Å². The van der Waals surface area contributed by atoms with Gasteiger partial charge in [-0.15, -0.1) is 0 Å². The first-order valence-electron chi connectivity index (χ1n) is 9.87. The van der Waals surface area contributed by atoms with Crippen LogP contribution < -0.4 is 21.7 Å². The smallest absolute Gasteiger partial charge is 0.326 e. The van der Waals surface area contributed by atoms with Crippen LogP contribution in [0, 0.1) is 11.8 Å². The molecule has 0 heterocycles. The molecule has 11 nitrogen and oxygen atoms in total. The van der Waals surface area contributed by atoms with E-state index in [0.717, 1.165) is 0 Å². The monoisotopic (exact) mass is 430 g/mol. The van der Waals surface area contributed by atoms with Crippen molar-refractivity contribution in [2.75, 3.05) is 0 Å². The molecule has 0 aliphatic heterocycles. The highest BCUT2D eigenvalue weighted by atomic mass is 16.4. The van der Waals surface area contributed by atoms with Crippen LogP contribution in [0.2, 0.25) is 0 Å². The quantitative estimate of drug-likeness (QED) is 0.224. The topological polar surface area (TPSA) is 188 Å². The van der Waals surface area contributed by atoms with Crippen molar-refractivity contribution >= 4 is 29.7 Å². The number of carbonyl (C=O) groups excluding carboxylic acids is 3. The minimum absolute atomic E-state index is 0.0408. The first-order chi connectivity index (χ1) is 13.8. The third-order valence-electron chi connectivity index (χ3n) is 4.33. The first-order valence-corrected chi connectivity index (χ1v) is 9.87. The maximum absolute atomic E-state index is 12.6. The number of nitrogens with one attached hydrogen (secondary N) is 3. The van der Waals surface area contributed by atoms with Crippen LogP contribution in [0.5, 0.6) is 0 Å². The van der Waals surface area contributed by atoms with Crippen molar-refractivity contribution in [1.82, 2.24) is 16.0 Å². The Hall–Kier alpha value is -2.69. The van der Waals surface area contributed by atoms with E-state index in [1.54, 1.807) is 13.8 Å². The average Bonchev–Trinajstić information content (AvgIpc) is 2.61. The summed E-state index contributed by atoms with van der Waals surface area (Å²) < 4.78 is 0. The molecular formula is C19H34N4O7. The summed E-state index contributed by atoms with van der Waals surface area (Å²) in [5, 5.41) is 25.3. The Labute approximate surface area is 176 Å². The number of carboxylic acid groups (broad SMARTS) is 2. The lowest BCUT2D eigenvalue weighted by Gasteiger charge is -2.26. The fraction of sp³-hybridized carbons (Fsp3) is 0.737. The predicted molar refractivity (Wildman–Crippen MR) is 108 cm³/mol. The van der Waals surface area contributed by atoms with E-state index in [4.69, 9.17) is 10.8 Å². The third-order valence-corrected chi connectivity index (χ3v) is 4.33. The van der Waals surface area contributed by atoms with Gasteiger partial charge in [-0.25, -0.2) is 4.79 Å². The summed E-state index contributed by atoms with van der Waals surface area (Å²) in [7, 11) is 0. The van der Waals surface area contributed by atoms with Crippen LogP contribution in [-0.4, -0.2) is 64.0 Å². The van der Waals surface area contributed by atoms with Gasteiger partial charge in [0.05, 0.1) is 6.04 Å². The second-order valence-corrected chi connectivity index (χ2v) is 8.03. The normalized spacial score (nSPS) is 15.1. The Kier molecular flexibility index (Phi) is 11.6. The van der Waals surface area contributed by atoms with Gasteiger partial charge in [0.1, 0.15) is 18.1 Å². The molecule has 0 bridgehead atoms. The molecule has 0 fully saturated rings. The Morgan fingerprint density at radius 1 is 0.833 bits per heavy atom. The molecule has 0 aliphatic rings. The molecule has 11 heteroatoms. The van der Waals surface area contributed by atoms with Crippen LogP contribution in [0.1, 0.15) is 53.9 Å². The highest BCUT2D eigenvalue weighted by Gasteiger charge is 2.30. The average molecular weight is 431 g/mol. The zero-order chi connectivity index (χ0) is 23.6. The molecule has 7 N–H and O–H groups in total. The highest BCUT2D eigenvalue weighted by molar-refractivity contribution is 5.94. The number of aliphatic carboxylic acids is 2. The highest BCUT2D eigenvalue weighted by Crippen LogP contribution is 2.08. The number of rotatable bonds is 13. The zero-order valence-corrected chi connectivity index (χ0v) is 18.1. The van der Waals surface area contributed by atoms with Crippen molar-refractivity contribution in [2.45, 2.75) is 78.0 Å². The Bertz CT molecular complexity index is 636. The summed E-state index contributed by atoms with van der Waals surface area (Å²) in [6, 6.07) is -4.21. The Morgan fingerprint density at radius 2 is 1.40 bits per heavy atom. The van der Waals surface area contributed by atoms with Gasteiger partial charge in [0.15, 0.2) is 0 Å². The minimum Gasteiger partial charge on any atom is -0.481 e. The van der Waals surface area contributed by atoms with Crippen molar-refractivity contribution in [3.8, 4) is 0 Å². The zero-order valence-electron chi connectivity index (χ0n) is 18.1. The fourth-order valence-electron chi connectivity index (χ4n) is 2.56. The molecule has 0 aromatic heterocycles. The lowest BCUT2D eigenvalue weighted by atomic mass is 10.00. The summed E-state index contributed by atoms with van der Waals surface area (Å²) in [4.78, 5) is 58.9. The summed E-state index contributed by atoms with van der Waals surface area (Å²) in [5.41, 5.74) is 5.61. The number of hydrogen-bond donors (Lipinski definition) is 6. The summed E-state index contributed by atoms with van der Waals surface area (Å²) in [6.45, 7) is 8.43. The maximum atomic E-state index is 12.6. The molecule has 0 aromatic carbocycles. The molecule has 4 atom stereocenters. The van der Waals surface area contributed by atoms with Crippen LogP contribution in [0.25, 0.3) is 0 Å². The van der Waals surface area contributed by atoms with Crippen molar-refractivity contribution in [2.24, 2.45) is 17.6 Å². The van der Waals surface area contributed by atoms with Gasteiger partial charge in [-0.3, -0.25) is 19.2 Å². The maximum Gasteiger partial charge on any atom is 0.326 e. The molecule has 172 valence electrons. The second-order valence-electron chi connectivity index (χ2n) is 8.03. The fourth-order valence-corrected chi connectivity index (χ4v) is 2.56. The number of amides is 3. The van der Waals surface area contributed by atoms with Crippen molar-refractivity contribution in [1.29, 1.82) is 0 Å². The predicted octanol–water partition coefficient (Wildman–Crippen LogP) is -0.560. The van der Waals surface area contributed by atoms with E-state index in [-0.39, 0.29) is 31.1 Å². The number of nitrogens with two attached hydrogens (primary N) is 1. The molecular weight excluding hydrogens is 396 g/mol. The van der Waals surface area contributed by atoms with E-state index in [2.05, 4.69) is 16.0 Å². The first kappa shape index (κ1) is 27.3. The molecule has 0 aliphatic carbocycles. The van der Waals surface area contributed by atoms with Gasteiger partial charge in [-0.1, -0.05) is 27.7 Å². The van der Waals surface area contributed by atoms with Crippen LogP contribution in [0.3, 0.4) is 0 Å². The standard InChI is InChI=1S/C19H34N4O7/c1-9(2)8-13(19(29)30)22-18(28)15(10(3)4)23-16(26)11(5)21-17(27)12(20)6-7-14(24)25/h9-13,15H,6-8,20H2,1-5H3,(H,21,27)(H,22,28)(H,23,26)(H,24,25)(H,29,30). The largest absolute Gasteiger partial charge is 0.481 e. The SMILES string of the molecule is CC(C)CC(NC(=O)C(NC(=O)C(C)NC(=O)C(N)CCC(=O)O)C(C)C)C(=O)O. The number of hydrogen-bond acceptors (Lipinski definition) is 6. The van der Waals surface area contributed by atoms with Crippen LogP contribution in [0.4, 0.5) is 0 Å². The van der Waals surface area contributed by atoms with Crippen molar-refractivity contribution in [3.63, 3.8) is 0 Å². The lowest BCUT2D eigenvalue weighted by Crippen LogP contribution is -2.57. The van der Waals surface area contributed by atoms with E-state index >= 15 is 0 Å². The summed E-state index contributed by atoms with van der Waals surface area (Å²) >= 11 is 0. The van der Waals surface area contributed by atoms with E-state index in [9.17, 15) is 29.1 Å². The molecule has 4 unspecified atom stereocenters. The van der Waals surface area contributed by atoms with Gasteiger partial charge in [0.25, 0.3) is 0 Å². The van der Waals surface area contributed by atoms with Crippen molar-refractivity contribution in [3.05, 3.63) is 0 Å². The van der Waals surface area contributed by atoms with Crippen LogP contribution in [-0.2, 0) is 24.0 Å². The minimum atomic E-state index is -1.16. The van der Waals surface area contributed by atoms with Crippen LogP contribution >= 0.6 is 0 Å².